The summed E-state index contributed by atoms with van der Waals surface area (Å²) in [7, 11) is 0. The Morgan fingerprint density at radius 2 is 0.909 bits per heavy atom. The van der Waals surface area contributed by atoms with E-state index in [-0.39, 0.29) is 18.9 Å². The minimum atomic E-state index is -1.80. The number of aliphatic hydroxyl groups excluding tert-OH is 8. The molecular weight excluding hydrogens is 979 g/mol. The molecule has 0 radical (unpaired) electrons. The highest BCUT2D eigenvalue weighted by molar-refractivity contribution is 5.76. The lowest BCUT2D eigenvalue weighted by Gasteiger charge is -2.46. The quantitative estimate of drug-likeness (QED) is 0.0205. The number of hydrogen-bond acceptors (Lipinski definition) is 13. The first-order chi connectivity index (χ1) is 37.6. The molecule has 2 rings (SSSR count). The molecule has 1 amide bonds. The normalized spacial score (nSPS) is 25.4. The minimum absolute atomic E-state index is 0.260. The van der Waals surface area contributed by atoms with Gasteiger partial charge in [0.15, 0.2) is 12.6 Å². The Morgan fingerprint density at radius 3 is 1.43 bits per heavy atom. The maximum absolute atomic E-state index is 13.2. The van der Waals surface area contributed by atoms with Crippen LogP contribution in [0.2, 0.25) is 0 Å². The lowest BCUT2D eigenvalue weighted by atomic mass is 9.97. The summed E-state index contributed by atoms with van der Waals surface area (Å²) >= 11 is 0. The molecule has 2 heterocycles. The Balaban J connectivity index is 1.72. The van der Waals surface area contributed by atoms with E-state index in [9.17, 15) is 45.6 Å². The Labute approximate surface area is 464 Å². The molecule has 14 heteroatoms. The fourth-order valence-electron chi connectivity index (χ4n) is 9.17. The van der Waals surface area contributed by atoms with E-state index in [0.717, 1.165) is 83.5 Å². The maximum Gasteiger partial charge on any atom is 0.220 e. The van der Waals surface area contributed by atoms with Crippen LogP contribution in [0.25, 0.3) is 0 Å². The molecule has 2 fully saturated rings. The molecule has 0 aliphatic carbocycles. The van der Waals surface area contributed by atoms with Gasteiger partial charge in [0.25, 0.3) is 0 Å². The molecule has 14 nitrogen and oxygen atoms in total. The van der Waals surface area contributed by atoms with Crippen molar-refractivity contribution in [3.05, 3.63) is 97.2 Å². The van der Waals surface area contributed by atoms with Gasteiger partial charge < -0.3 is 65.1 Å². The number of amides is 1. The predicted molar refractivity (Wildman–Crippen MR) is 309 cm³/mol. The van der Waals surface area contributed by atoms with Crippen LogP contribution in [0.15, 0.2) is 97.2 Å². The van der Waals surface area contributed by atoms with E-state index in [1.807, 2.05) is 6.08 Å². The van der Waals surface area contributed by atoms with Crippen LogP contribution >= 0.6 is 0 Å². The second-order valence-electron chi connectivity index (χ2n) is 20.7. The molecule has 0 bridgehead atoms. The van der Waals surface area contributed by atoms with Gasteiger partial charge in [-0.2, -0.15) is 0 Å². The van der Waals surface area contributed by atoms with E-state index < -0.39 is 86.8 Å². The molecule has 9 N–H and O–H groups in total. The second-order valence-corrected chi connectivity index (χ2v) is 20.7. The van der Waals surface area contributed by atoms with Gasteiger partial charge in [-0.1, -0.05) is 201 Å². The predicted octanol–water partition coefficient (Wildman–Crippen LogP) is 10.3. The van der Waals surface area contributed by atoms with E-state index in [0.29, 0.717) is 12.8 Å². The average molecular weight is 1090 g/mol. The summed E-state index contributed by atoms with van der Waals surface area (Å²) in [6.07, 6.45) is 48.8. The number of unbranched alkanes of at least 4 members (excludes halogenated alkanes) is 19. The minimum Gasteiger partial charge on any atom is -0.394 e. The third-order valence-corrected chi connectivity index (χ3v) is 14.0. The Hall–Kier alpha value is -3.09. The van der Waals surface area contributed by atoms with Gasteiger partial charge in [0, 0.05) is 6.42 Å². The van der Waals surface area contributed by atoms with Crippen molar-refractivity contribution in [3.8, 4) is 0 Å². The second kappa shape index (κ2) is 47.7. The maximum atomic E-state index is 13.2. The molecule has 12 unspecified atom stereocenters. The van der Waals surface area contributed by atoms with Crippen molar-refractivity contribution < 1.29 is 64.6 Å². The molecule has 0 aromatic rings. The van der Waals surface area contributed by atoms with Crippen LogP contribution in [0.5, 0.6) is 0 Å². The summed E-state index contributed by atoms with van der Waals surface area (Å²) in [5.74, 6) is -0.260. The smallest absolute Gasteiger partial charge is 0.220 e. The number of ether oxygens (including phenoxy) is 4. The Kier molecular flexibility index (Phi) is 43.4. The first-order valence-electron chi connectivity index (χ1n) is 30.0. The molecule has 442 valence electrons. The van der Waals surface area contributed by atoms with Crippen LogP contribution in [0, 0.1) is 0 Å². The fourth-order valence-corrected chi connectivity index (χ4v) is 9.17. The number of hydrogen-bond donors (Lipinski definition) is 9. The zero-order chi connectivity index (χ0) is 56.0. The summed E-state index contributed by atoms with van der Waals surface area (Å²) in [6, 6.07) is -0.943. The van der Waals surface area contributed by atoms with Gasteiger partial charge in [-0.3, -0.25) is 4.79 Å². The van der Waals surface area contributed by atoms with Gasteiger partial charge in [-0.25, -0.2) is 0 Å². The molecular formula is C63H107NO13. The number of carbonyl (C=O) groups is 1. The molecule has 0 aromatic heterocycles. The molecule has 0 aromatic carbocycles. The molecule has 12 atom stereocenters. The van der Waals surface area contributed by atoms with Crippen molar-refractivity contribution in [2.24, 2.45) is 0 Å². The molecule has 2 saturated heterocycles. The molecule has 0 spiro atoms. The van der Waals surface area contributed by atoms with Crippen LogP contribution in [0.1, 0.15) is 200 Å². The first kappa shape index (κ1) is 70.0. The number of allylic oxidation sites excluding steroid dienone is 15. The highest BCUT2D eigenvalue weighted by atomic mass is 16.7. The Bertz CT molecular complexity index is 1660. The number of aliphatic hydroxyl groups is 8. The summed E-state index contributed by atoms with van der Waals surface area (Å²) in [5.41, 5.74) is 0. The van der Waals surface area contributed by atoms with Gasteiger partial charge in [0.2, 0.25) is 5.91 Å². The summed E-state index contributed by atoms with van der Waals surface area (Å²) in [4.78, 5) is 13.2. The fraction of sp³-hybridized carbons (Fsp3) is 0.730. The lowest BCUT2D eigenvalue weighted by molar-refractivity contribution is -0.359. The lowest BCUT2D eigenvalue weighted by Crippen LogP contribution is -2.65. The zero-order valence-electron chi connectivity index (χ0n) is 47.4. The van der Waals surface area contributed by atoms with E-state index in [1.54, 1.807) is 6.08 Å². The van der Waals surface area contributed by atoms with E-state index in [2.05, 4.69) is 104 Å². The highest BCUT2D eigenvalue weighted by Gasteiger charge is 2.51. The van der Waals surface area contributed by atoms with Gasteiger partial charge in [-0.05, 0) is 89.9 Å². The number of carbonyl (C=O) groups excluding carboxylic acids is 1. The van der Waals surface area contributed by atoms with Gasteiger partial charge in [0.1, 0.15) is 48.8 Å². The summed E-state index contributed by atoms with van der Waals surface area (Å²) in [5, 5.41) is 87.0. The molecule has 2 aliphatic rings. The van der Waals surface area contributed by atoms with Gasteiger partial charge in [-0.15, -0.1) is 0 Å². The largest absolute Gasteiger partial charge is 0.394 e. The van der Waals surface area contributed by atoms with Crippen LogP contribution in [-0.2, 0) is 23.7 Å². The molecule has 2 aliphatic heterocycles. The van der Waals surface area contributed by atoms with Crippen molar-refractivity contribution in [1.82, 2.24) is 5.32 Å². The van der Waals surface area contributed by atoms with E-state index >= 15 is 0 Å². The first-order valence-corrected chi connectivity index (χ1v) is 30.0. The topological polar surface area (TPSA) is 228 Å². The van der Waals surface area contributed by atoms with Crippen molar-refractivity contribution >= 4 is 5.91 Å². The van der Waals surface area contributed by atoms with Crippen molar-refractivity contribution in [2.75, 3.05) is 19.8 Å². The number of rotatable bonds is 46. The van der Waals surface area contributed by atoms with Crippen molar-refractivity contribution in [3.63, 3.8) is 0 Å². The van der Waals surface area contributed by atoms with Crippen LogP contribution < -0.4 is 5.32 Å². The Morgan fingerprint density at radius 1 is 0.481 bits per heavy atom. The summed E-state index contributed by atoms with van der Waals surface area (Å²) in [6.45, 7) is 2.62. The summed E-state index contributed by atoms with van der Waals surface area (Å²) < 4.78 is 22.7. The van der Waals surface area contributed by atoms with Crippen LogP contribution in [-0.4, -0.2) is 140 Å². The monoisotopic (exact) mass is 1090 g/mol. The molecule has 0 saturated carbocycles. The van der Waals surface area contributed by atoms with Gasteiger partial charge >= 0.3 is 0 Å². The van der Waals surface area contributed by atoms with Crippen LogP contribution in [0.3, 0.4) is 0 Å². The highest BCUT2D eigenvalue weighted by Crippen LogP contribution is 2.30. The third kappa shape index (κ3) is 33.3. The number of nitrogens with one attached hydrogen (secondary N) is 1. The van der Waals surface area contributed by atoms with Gasteiger partial charge in [0.05, 0.1) is 32.0 Å². The van der Waals surface area contributed by atoms with Crippen molar-refractivity contribution in [2.45, 2.75) is 274 Å². The third-order valence-electron chi connectivity index (χ3n) is 14.0. The zero-order valence-corrected chi connectivity index (χ0v) is 47.4. The average Bonchev–Trinajstić information content (AvgIpc) is 3.43. The van der Waals surface area contributed by atoms with Crippen molar-refractivity contribution in [1.29, 1.82) is 0 Å². The van der Waals surface area contributed by atoms with E-state index in [1.165, 1.54) is 83.5 Å². The SMILES string of the molecule is CC/C=C\C/C=C\C/C=C\C/C=C\C/C=C\CCCCCCCCCCCCCCCC(=O)NC(COC1OC(CO)C(OC2OC(CO)C(O)C(O)C2O)C(O)C1O)C(O)/C=C/CC/C=C/CC/C=C/CCCCCC. The van der Waals surface area contributed by atoms with Crippen LogP contribution in [0.4, 0.5) is 0 Å². The molecule has 77 heavy (non-hydrogen) atoms. The standard InChI is InChI=1S/C63H107NO13/c1-3-5-7-9-11-13-15-17-19-20-21-22-23-24-25-26-27-28-29-30-31-32-33-35-37-39-41-43-45-47-55(68)64-51(52(67)46-44-42-40-38-36-34-18-16-14-12-10-8-6-4-2)50-74-62-60(73)58(71)61(54(49-66)76-62)77-63-59(72)57(70)56(69)53(48-65)75-63/h5,7,11,13-14,16-17,19,21-22,24-25,36,38,44,46,51-54,56-63,65-67,69-73H,3-4,6,8-10,12,15,18,20,23,26-35,37,39-43,45,47-50H2,1-2H3,(H,64,68)/b7-5-,13-11-,16-14+,19-17-,22-21-,25-24-,38-36+,46-44+. The van der Waals surface area contributed by atoms with E-state index in [4.69, 9.17) is 18.9 Å².